The molecule has 1 amide bonds. The maximum atomic E-state index is 12.9. The Morgan fingerprint density at radius 1 is 1.08 bits per heavy atom. The normalized spacial score (nSPS) is 15.0. The van der Waals surface area contributed by atoms with Gasteiger partial charge in [0.2, 0.25) is 5.91 Å². The van der Waals surface area contributed by atoms with Crippen LogP contribution in [0.4, 0.5) is 26.3 Å². The summed E-state index contributed by atoms with van der Waals surface area (Å²) in [5.74, 6) is -0.410. The first kappa shape index (κ1) is 18.9. The Morgan fingerprint density at radius 3 is 2.12 bits per heavy atom. The molecule has 0 unspecified atom stereocenters. The summed E-state index contributed by atoms with van der Waals surface area (Å²) < 4.78 is 77.1. The maximum absolute atomic E-state index is 12.9. The van der Waals surface area contributed by atoms with Crippen molar-refractivity contribution in [2.45, 2.75) is 12.4 Å². The molecule has 0 aliphatic carbocycles. The molecule has 0 spiro atoms. The van der Waals surface area contributed by atoms with Crippen molar-refractivity contribution in [1.82, 2.24) is 5.32 Å². The Balaban J connectivity index is 2.32. The third kappa shape index (κ3) is 4.78. The topological polar surface area (TPSA) is 79.8 Å². The van der Waals surface area contributed by atoms with E-state index in [-0.39, 0.29) is 42.8 Å². The number of hydrogen-bond donors (Lipinski definition) is 2. The molecule has 0 saturated heterocycles. The van der Waals surface area contributed by atoms with Crippen LogP contribution in [0.3, 0.4) is 0 Å². The van der Waals surface area contributed by atoms with E-state index in [0.29, 0.717) is 12.1 Å². The van der Waals surface area contributed by atoms with E-state index in [1.165, 1.54) is 0 Å². The van der Waals surface area contributed by atoms with Crippen molar-refractivity contribution >= 4 is 17.5 Å². The van der Waals surface area contributed by atoms with Gasteiger partial charge in [-0.15, -0.1) is 0 Å². The van der Waals surface area contributed by atoms with Gasteiger partial charge < -0.3 is 11.1 Å². The molecule has 1 heterocycles. The third-order valence-electron chi connectivity index (χ3n) is 3.23. The van der Waals surface area contributed by atoms with E-state index in [2.05, 4.69) is 15.3 Å². The highest BCUT2D eigenvalue weighted by Crippen LogP contribution is 2.36. The number of rotatable bonds is 4. The molecule has 1 aliphatic heterocycles. The molecule has 0 bridgehead atoms. The van der Waals surface area contributed by atoms with Gasteiger partial charge in [0, 0.05) is 0 Å². The number of alkyl halides is 6. The van der Waals surface area contributed by atoms with Crippen LogP contribution in [-0.4, -0.2) is 37.1 Å². The number of benzene rings is 1. The molecule has 1 aromatic carbocycles. The molecular weight excluding hydrogens is 354 g/mol. The van der Waals surface area contributed by atoms with Crippen LogP contribution in [0, 0.1) is 0 Å². The van der Waals surface area contributed by atoms with Gasteiger partial charge in [-0.1, -0.05) is 0 Å². The monoisotopic (exact) mass is 366 g/mol. The number of aliphatic imine (C=N–C) groups is 2. The van der Waals surface area contributed by atoms with E-state index in [9.17, 15) is 31.1 Å². The van der Waals surface area contributed by atoms with Gasteiger partial charge in [-0.2, -0.15) is 26.3 Å². The SMILES string of the molecule is NCC(=O)NCC1=NCC(c2cc(C(F)(F)F)cc(C(F)(F)F)c2)=N1. The van der Waals surface area contributed by atoms with Crippen molar-refractivity contribution in [3.8, 4) is 0 Å². The average Bonchev–Trinajstić information content (AvgIpc) is 2.99. The molecule has 1 aromatic rings. The van der Waals surface area contributed by atoms with Gasteiger partial charge in [-0.05, 0) is 23.8 Å². The number of amides is 1. The Hall–Kier alpha value is -2.43. The summed E-state index contributed by atoms with van der Waals surface area (Å²) in [5.41, 5.74) is 1.86. The molecule has 0 radical (unpaired) electrons. The largest absolute Gasteiger partial charge is 0.416 e. The fourth-order valence-electron chi connectivity index (χ4n) is 2.02. The number of carbonyl (C=O) groups is 1. The summed E-state index contributed by atoms with van der Waals surface area (Å²) >= 11 is 0. The predicted octanol–water partition coefficient (Wildman–Crippen LogP) is 2.00. The molecule has 1 aliphatic rings. The van der Waals surface area contributed by atoms with E-state index >= 15 is 0 Å². The van der Waals surface area contributed by atoms with Crippen molar-refractivity contribution in [2.24, 2.45) is 15.7 Å². The standard InChI is InChI=1S/C14H12F6N4O/c15-13(16,17)8-1-7(2-9(3-8)14(18,19)20)10-5-22-11(24-10)6-23-12(25)4-21/h1-3H,4-6,21H2,(H,23,25). The summed E-state index contributed by atoms with van der Waals surface area (Å²) in [6, 6.07) is 1.22. The molecular formula is C14H12F6N4O. The fourth-order valence-corrected chi connectivity index (χ4v) is 2.02. The zero-order valence-corrected chi connectivity index (χ0v) is 12.5. The van der Waals surface area contributed by atoms with Crippen LogP contribution in [0.15, 0.2) is 28.2 Å². The molecule has 5 nitrogen and oxygen atoms in total. The second kappa shape index (κ2) is 6.82. The molecule has 0 fully saturated rings. The molecule has 0 saturated carbocycles. The summed E-state index contributed by atoms with van der Waals surface area (Å²) in [5, 5.41) is 2.36. The lowest BCUT2D eigenvalue weighted by Crippen LogP contribution is -2.33. The van der Waals surface area contributed by atoms with Crippen LogP contribution in [0.5, 0.6) is 0 Å². The van der Waals surface area contributed by atoms with Crippen LogP contribution < -0.4 is 11.1 Å². The Morgan fingerprint density at radius 2 is 1.64 bits per heavy atom. The van der Waals surface area contributed by atoms with E-state index in [0.717, 1.165) is 0 Å². The highest BCUT2D eigenvalue weighted by atomic mass is 19.4. The highest BCUT2D eigenvalue weighted by molar-refractivity contribution is 6.13. The zero-order chi connectivity index (χ0) is 18.8. The zero-order valence-electron chi connectivity index (χ0n) is 12.5. The number of halogens is 6. The quantitative estimate of drug-likeness (QED) is 0.800. The molecule has 2 rings (SSSR count). The minimum atomic E-state index is -4.94. The highest BCUT2D eigenvalue weighted by Gasteiger charge is 2.37. The first-order valence-corrected chi connectivity index (χ1v) is 6.88. The van der Waals surface area contributed by atoms with E-state index in [1.54, 1.807) is 0 Å². The van der Waals surface area contributed by atoms with Crippen molar-refractivity contribution in [3.05, 3.63) is 34.9 Å². The first-order valence-electron chi connectivity index (χ1n) is 6.88. The summed E-state index contributed by atoms with van der Waals surface area (Å²) in [6.45, 7) is -0.580. The Labute approximate surface area is 137 Å². The summed E-state index contributed by atoms with van der Waals surface area (Å²) in [4.78, 5) is 18.8. The van der Waals surface area contributed by atoms with Crippen molar-refractivity contribution in [1.29, 1.82) is 0 Å². The number of nitrogens with two attached hydrogens (primary N) is 1. The molecule has 11 heteroatoms. The van der Waals surface area contributed by atoms with Gasteiger partial charge >= 0.3 is 12.4 Å². The van der Waals surface area contributed by atoms with E-state index in [4.69, 9.17) is 5.73 Å². The fraction of sp³-hybridized carbons (Fsp3) is 0.357. The Kier molecular flexibility index (Phi) is 5.16. The van der Waals surface area contributed by atoms with Gasteiger partial charge in [0.05, 0.1) is 36.5 Å². The number of hydrogen-bond acceptors (Lipinski definition) is 4. The van der Waals surface area contributed by atoms with Crippen LogP contribution in [-0.2, 0) is 17.1 Å². The van der Waals surface area contributed by atoms with Crippen LogP contribution in [0.2, 0.25) is 0 Å². The van der Waals surface area contributed by atoms with Crippen molar-refractivity contribution in [2.75, 3.05) is 19.6 Å². The van der Waals surface area contributed by atoms with Crippen LogP contribution in [0.1, 0.15) is 16.7 Å². The number of nitrogens with one attached hydrogen (secondary N) is 1. The third-order valence-corrected chi connectivity index (χ3v) is 3.23. The maximum Gasteiger partial charge on any atom is 0.416 e. The number of carbonyl (C=O) groups excluding carboxylic acids is 1. The lowest BCUT2D eigenvalue weighted by Gasteiger charge is -2.14. The summed E-state index contributed by atoms with van der Waals surface area (Å²) in [7, 11) is 0. The van der Waals surface area contributed by atoms with Gasteiger partial charge in [0.15, 0.2) is 0 Å². The van der Waals surface area contributed by atoms with Gasteiger partial charge in [0.1, 0.15) is 5.84 Å². The Bertz CT molecular complexity index is 704. The minimum absolute atomic E-state index is 0.0439. The lowest BCUT2D eigenvalue weighted by atomic mass is 10.0. The van der Waals surface area contributed by atoms with Gasteiger partial charge in [0.25, 0.3) is 0 Å². The molecule has 3 N–H and O–H groups in total. The van der Waals surface area contributed by atoms with E-state index < -0.39 is 29.4 Å². The molecule has 136 valence electrons. The molecule has 25 heavy (non-hydrogen) atoms. The lowest BCUT2D eigenvalue weighted by molar-refractivity contribution is -0.143. The summed E-state index contributed by atoms with van der Waals surface area (Å²) in [6.07, 6.45) is -9.87. The van der Waals surface area contributed by atoms with Crippen molar-refractivity contribution < 1.29 is 31.1 Å². The number of amidine groups is 1. The number of nitrogens with zero attached hydrogens (tertiary/aromatic N) is 2. The first-order chi connectivity index (χ1) is 11.5. The molecule has 0 atom stereocenters. The average molecular weight is 366 g/mol. The van der Waals surface area contributed by atoms with Gasteiger partial charge in [-0.3, -0.25) is 9.79 Å². The van der Waals surface area contributed by atoms with Crippen molar-refractivity contribution in [3.63, 3.8) is 0 Å². The van der Waals surface area contributed by atoms with Crippen LogP contribution in [0.25, 0.3) is 0 Å². The van der Waals surface area contributed by atoms with Crippen LogP contribution >= 0.6 is 0 Å². The predicted molar refractivity (Wildman–Crippen MR) is 77.3 cm³/mol. The second-order valence-electron chi connectivity index (χ2n) is 5.07. The molecule has 0 aromatic heterocycles. The minimum Gasteiger partial charge on any atom is -0.348 e. The second-order valence-corrected chi connectivity index (χ2v) is 5.07. The van der Waals surface area contributed by atoms with E-state index in [1.807, 2.05) is 0 Å². The smallest absolute Gasteiger partial charge is 0.348 e. The van der Waals surface area contributed by atoms with Gasteiger partial charge in [-0.25, -0.2) is 4.99 Å².